The Balaban J connectivity index is 2.05. The SMILES string of the molecule is CN(Cc1cccc(Br)c1)CC(C(=O)O)c1ccccc1. The van der Waals surface area contributed by atoms with Gasteiger partial charge in [0.05, 0.1) is 5.92 Å². The molecule has 0 saturated carbocycles. The highest BCUT2D eigenvalue weighted by Gasteiger charge is 2.21. The standard InChI is InChI=1S/C17H18BrNO2/c1-19(11-13-6-5-9-15(18)10-13)12-16(17(20)21)14-7-3-2-4-8-14/h2-10,16H,11-12H2,1H3,(H,20,21). The van der Waals surface area contributed by atoms with Gasteiger partial charge in [-0.15, -0.1) is 0 Å². The Morgan fingerprint density at radius 3 is 2.52 bits per heavy atom. The summed E-state index contributed by atoms with van der Waals surface area (Å²) in [5.74, 6) is -1.30. The van der Waals surface area contributed by atoms with Crippen molar-refractivity contribution in [3.63, 3.8) is 0 Å². The van der Waals surface area contributed by atoms with Crippen molar-refractivity contribution in [3.05, 3.63) is 70.2 Å². The minimum absolute atomic E-state index is 0.478. The third-order valence-corrected chi connectivity index (χ3v) is 3.83. The summed E-state index contributed by atoms with van der Waals surface area (Å²) in [5, 5.41) is 9.45. The van der Waals surface area contributed by atoms with Gasteiger partial charge >= 0.3 is 5.97 Å². The largest absolute Gasteiger partial charge is 0.481 e. The molecule has 2 aromatic carbocycles. The molecule has 1 unspecified atom stereocenters. The van der Waals surface area contributed by atoms with E-state index in [1.807, 2.05) is 60.5 Å². The summed E-state index contributed by atoms with van der Waals surface area (Å²) in [6.45, 7) is 1.20. The van der Waals surface area contributed by atoms with E-state index >= 15 is 0 Å². The number of benzene rings is 2. The highest BCUT2D eigenvalue weighted by atomic mass is 79.9. The van der Waals surface area contributed by atoms with Crippen LogP contribution in [0.15, 0.2) is 59.1 Å². The minimum atomic E-state index is -0.790. The van der Waals surface area contributed by atoms with Crippen LogP contribution in [0.2, 0.25) is 0 Å². The van der Waals surface area contributed by atoms with E-state index in [1.165, 1.54) is 0 Å². The van der Waals surface area contributed by atoms with Crippen molar-refractivity contribution in [1.82, 2.24) is 4.90 Å². The number of nitrogens with zero attached hydrogens (tertiary/aromatic N) is 1. The molecular formula is C17H18BrNO2. The first-order valence-electron chi connectivity index (χ1n) is 6.77. The third kappa shape index (κ3) is 4.69. The number of halogens is 1. The van der Waals surface area contributed by atoms with Crippen LogP contribution in [0.4, 0.5) is 0 Å². The molecule has 0 heterocycles. The van der Waals surface area contributed by atoms with E-state index < -0.39 is 11.9 Å². The molecule has 0 radical (unpaired) electrons. The van der Waals surface area contributed by atoms with E-state index in [4.69, 9.17) is 0 Å². The smallest absolute Gasteiger partial charge is 0.312 e. The monoisotopic (exact) mass is 347 g/mol. The van der Waals surface area contributed by atoms with Crippen LogP contribution in [-0.4, -0.2) is 29.6 Å². The minimum Gasteiger partial charge on any atom is -0.481 e. The highest BCUT2D eigenvalue weighted by molar-refractivity contribution is 9.10. The second-order valence-corrected chi connectivity index (χ2v) is 6.04. The number of rotatable bonds is 6. The molecule has 21 heavy (non-hydrogen) atoms. The predicted octanol–water partition coefficient (Wildman–Crippen LogP) is 3.75. The first kappa shape index (κ1) is 15.7. The third-order valence-electron chi connectivity index (χ3n) is 3.34. The van der Waals surface area contributed by atoms with Crippen molar-refractivity contribution >= 4 is 21.9 Å². The normalized spacial score (nSPS) is 12.3. The number of hydrogen-bond acceptors (Lipinski definition) is 2. The predicted molar refractivity (Wildman–Crippen MR) is 87.3 cm³/mol. The molecule has 0 fully saturated rings. The van der Waals surface area contributed by atoms with Gasteiger partial charge in [-0.1, -0.05) is 58.4 Å². The maximum atomic E-state index is 11.5. The summed E-state index contributed by atoms with van der Waals surface area (Å²) in [6, 6.07) is 17.4. The van der Waals surface area contributed by atoms with E-state index in [2.05, 4.69) is 22.0 Å². The van der Waals surface area contributed by atoms with E-state index in [0.29, 0.717) is 6.54 Å². The van der Waals surface area contributed by atoms with Gasteiger partial charge in [0.1, 0.15) is 0 Å². The van der Waals surface area contributed by atoms with Crippen LogP contribution in [0, 0.1) is 0 Å². The molecule has 110 valence electrons. The zero-order valence-electron chi connectivity index (χ0n) is 11.9. The number of carboxylic acid groups (broad SMARTS) is 1. The number of carboxylic acids is 1. The molecule has 0 amide bonds. The molecular weight excluding hydrogens is 330 g/mol. The van der Waals surface area contributed by atoms with Gasteiger partial charge in [0.15, 0.2) is 0 Å². The van der Waals surface area contributed by atoms with Crippen LogP contribution >= 0.6 is 15.9 Å². The zero-order chi connectivity index (χ0) is 15.2. The summed E-state index contributed by atoms with van der Waals surface area (Å²) in [4.78, 5) is 13.5. The van der Waals surface area contributed by atoms with E-state index in [9.17, 15) is 9.90 Å². The van der Waals surface area contributed by atoms with Crippen LogP contribution in [0.1, 0.15) is 17.0 Å². The van der Waals surface area contributed by atoms with Crippen molar-refractivity contribution in [1.29, 1.82) is 0 Å². The number of hydrogen-bond donors (Lipinski definition) is 1. The molecule has 0 saturated heterocycles. The van der Waals surface area contributed by atoms with Crippen molar-refractivity contribution in [3.8, 4) is 0 Å². The topological polar surface area (TPSA) is 40.5 Å². The second kappa shape index (κ2) is 7.38. The van der Waals surface area contributed by atoms with Crippen LogP contribution in [0.3, 0.4) is 0 Å². The summed E-state index contributed by atoms with van der Waals surface area (Å²) >= 11 is 3.45. The van der Waals surface area contributed by atoms with Crippen molar-refractivity contribution < 1.29 is 9.90 Å². The Kier molecular flexibility index (Phi) is 5.53. The number of carbonyl (C=O) groups is 1. The molecule has 3 nitrogen and oxygen atoms in total. The lowest BCUT2D eigenvalue weighted by atomic mass is 9.98. The van der Waals surface area contributed by atoms with E-state index in [1.54, 1.807) is 0 Å². The average molecular weight is 348 g/mol. The lowest BCUT2D eigenvalue weighted by Crippen LogP contribution is -2.28. The van der Waals surface area contributed by atoms with Gasteiger partial charge in [0.25, 0.3) is 0 Å². The molecule has 1 atom stereocenters. The first-order chi connectivity index (χ1) is 10.1. The van der Waals surface area contributed by atoms with Gasteiger partial charge in [-0.25, -0.2) is 0 Å². The fourth-order valence-corrected chi connectivity index (χ4v) is 2.78. The summed E-state index contributed by atoms with van der Waals surface area (Å²) < 4.78 is 1.03. The maximum Gasteiger partial charge on any atom is 0.312 e. The molecule has 4 heteroatoms. The first-order valence-corrected chi connectivity index (χ1v) is 7.56. The van der Waals surface area contributed by atoms with E-state index in [-0.39, 0.29) is 0 Å². The highest BCUT2D eigenvalue weighted by Crippen LogP contribution is 2.19. The zero-order valence-corrected chi connectivity index (χ0v) is 13.5. The Hall–Kier alpha value is -1.65. The quantitative estimate of drug-likeness (QED) is 0.864. The number of aliphatic carboxylic acids is 1. The summed E-state index contributed by atoms with van der Waals surface area (Å²) in [6.07, 6.45) is 0. The Morgan fingerprint density at radius 1 is 1.19 bits per heavy atom. The lowest BCUT2D eigenvalue weighted by Gasteiger charge is -2.22. The van der Waals surface area contributed by atoms with E-state index in [0.717, 1.165) is 22.1 Å². The van der Waals surface area contributed by atoms with Crippen LogP contribution in [-0.2, 0) is 11.3 Å². The van der Waals surface area contributed by atoms with Crippen LogP contribution in [0.25, 0.3) is 0 Å². The van der Waals surface area contributed by atoms with Gasteiger partial charge in [-0.05, 0) is 30.3 Å². The molecule has 0 aromatic heterocycles. The maximum absolute atomic E-state index is 11.5. The Bertz CT molecular complexity index is 601. The number of likely N-dealkylation sites (N-methyl/N-ethyl adjacent to an activating group) is 1. The molecule has 2 aromatic rings. The lowest BCUT2D eigenvalue weighted by molar-refractivity contribution is -0.139. The van der Waals surface area contributed by atoms with Crippen molar-refractivity contribution in [2.75, 3.05) is 13.6 Å². The molecule has 0 aliphatic heterocycles. The van der Waals surface area contributed by atoms with Gasteiger partial charge in [0.2, 0.25) is 0 Å². The molecule has 1 N–H and O–H groups in total. The fourth-order valence-electron chi connectivity index (χ4n) is 2.33. The van der Waals surface area contributed by atoms with Gasteiger partial charge in [-0.3, -0.25) is 4.79 Å². The van der Waals surface area contributed by atoms with Gasteiger partial charge in [0, 0.05) is 17.6 Å². The second-order valence-electron chi connectivity index (χ2n) is 5.13. The molecule has 2 rings (SSSR count). The molecule has 0 bridgehead atoms. The molecule has 0 spiro atoms. The molecule has 0 aliphatic carbocycles. The fraction of sp³-hybridized carbons (Fsp3) is 0.235. The van der Waals surface area contributed by atoms with Crippen LogP contribution < -0.4 is 0 Å². The van der Waals surface area contributed by atoms with Crippen LogP contribution in [0.5, 0.6) is 0 Å². The van der Waals surface area contributed by atoms with Crippen molar-refractivity contribution in [2.45, 2.75) is 12.5 Å². The summed E-state index contributed by atoms with van der Waals surface area (Å²) in [5.41, 5.74) is 2.00. The average Bonchev–Trinajstić information content (AvgIpc) is 2.45. The molecule has 0 aliphatic rings. The van der Waals surface area contributed by atoms with Crippen molar-refractivity contribution in [2.24, 2.45) is 0 Å². The Morgan fingerprint density at radius 2 is 1.90 bits per heavy atom. The Labute approximate surface area is 133 Å². The van der Waals surface area contributed by atoms with Gasteiger partial charge < -0.3 is 10.0 Å². The van der Waals surface area contributed by atoms with Gasteiger partial charge in [-0.2, -0.15) is 0 Å². The summed E-state index contributed by atoms with van der Waals surface area (Å²) in [7, 11) is 1.94.